The lowest BCUT2D eigenvalue weighted by Crippen LogP contribution is -2.40. The van der Waals surface area contributed by atoms with Gasteiger partial charge in [0, 0.05) is 24.0 Å². The normalized spacial score (nSPS) is 15.5. The van der Waals surface area contributed by atoms with Crippen molar-refractivity contribution in [2.24, 2.45) is 0 Å². The molecule has 144 valence electrons. The van der Waals surface area contributed by atoms with Gasteiger partial charge in [0.2, 0.25) is 0 Å². The van der Waals surface area contributed by atoms with Gasteiger partial charge in [0.05, 0.1) is 11.9 Å². The van der Waals surface area contributed by atoms with E-state index in [1.165, 1.54) is 12.1 Å². The van der Waals surface area contributed by atoms with Gasteiger partial charge in [-0.2, -0.15) is 0 Å². The number of nitrogens with zero attached hydrogens (tertiary/aromatic N) is 2. The molecule has 1 aromatic carbocycles. The van der Waals surface area contributed by atoms with Crippen molar-refractivity contribution in [3.63, 3.8) is 0 Å². The molecule has 0 unspecified atom stereocenters. The number of anilines is 2. The number of carbonyl (C=O) groups excluding carboxylic acids is 1. The molecule has 0 saturated carbocycles. The van der Waals surface area contributed by atoms with Gasteiger partial charge >= 0.3 is 6.03 Å². The van der Waals surface area contributed by atoms with E-state index >= 15 is 0 Å². The van der Waals surface area contributed by atoms with Crippen molar-refractivity contribution in [1.82, 2.24) is 15.2 Å². The number of nitrogens with one attached hydrogen (secondary N) is 3. The summed E-state index contributed by atoms with van der Waals surface area (Å²) in [7, 11) is 1.99. The van der Waals surface area contributed by atoms with Gasteiger partial charge in [0.25, 0.3) is 0 Å². The van der Waals surface area contributed by atoms with Crippen LogP contribution in [0, 0.1) is 12.7 Å². The standard InChI is InChI=1S/C20H26FN5O/c1-14-3-4-18(12-23-14)24-20(27)25-19-10-15(9-16(21)11-19)13-26-7-5-17(22-2)6-8-26/h3-4,9-12,17,22H,5-8,13H2,1-2H3,(H2,24,25,27). The number of urea groups is 1. The Labute approximate surface area is 159 Å². The fourth-order valence-corrected chi connectivity index (χ4v) is 3.29. The van der Waals surface area contributed by atoms with E-state index in [0.717, 1.165) is 37.2 Å². The molecule has 2 amide bonds. The van der Waals surface area contributed by atoms with Gasteiger partial charge in [-0.3, -0.25) is 9.88 Å². The lowest BCUT2D eigenvalue weighted by molar-refractivity contribution is 0.194. The van der Waals surface area contributed by atoms with Gasteiger partial charge in [0.1, 0.15) is 5.82 Å². The van der Waals surface area contributed by atoms with E-state index in [1.54, 1.807) is 12.3 Å². The quantitative estimate of drug-likeness (QED) is 0.754. The number of likely N-dealkylation sites (tertiary alicyclic amines) is 1. The molecule has 27 heavy (non-hydrogen) atoms. The van der Waals surface area contributed by atoms with Crippen LogP contribution in [0.4, 0.5) is 20.6 Å². The molecule has 1 fully saturated rings. The number of piperidine rings is 1. The van der Waals surface area contributed by atoms with E-state index in [2.05, 4.69) is 25.8 Å². The molecule has 3 N–H and O–H groups in total. The zero-order valence-corrected chi connectivity index (χ0v) is 15.8. The van der Waals surface area contributed by atoms with Crippen molar-refractivity contribution in [2.45, 2.75) is 32.4 Å². The van der Waals surface area contributed by atoms with Crippen LogP contribution in [0.25, 0.3) is 0 Å². The molecule has 7 heteroatoms. The summed E-state index contributed by atoms with van der Waals surface area (Å²) >= 11 is 0. The molecule has 2 heterocycles. The largest absolute Gasteiger partial charge is 0.323 e. The van der Waals surface area contributed by atoms with Gasteiger partial charge in [-0.05, 0) is 75.8 Å². The predicted molar refractivity (Wildman–Crippen MR) is 105 cm³/mol. The van der Waals surface area contributed by atoms with Crippen LogP contribution >= 0.6 is 0 Å². The van der Waals surface area contributed by atoms with Crippen molar-refractivity contribution < 1.29 is 9.18 Å². The first-order chi connectivity index (χ1) is 13.0. The van der Waals surface area contributed by atoms with E-state index < -0.39 is 6.03 Å². The Balaban J connectivity index is 1.59. The van der Waals surface area contributed by atoms with Crippen molar-refractivity contribution in [1.29, 1.82) is 0 Å². The smallest absolute Gasteiger partial charge is 0.317 e. The molecule has 0 radical (unpaired) electrons. The minimum atomic E-state index is -0.424. The number of aromatic nitrogens is 1. The first-order valence-corrected chi connectivity index (χ1v) is 9.21. The molecular formula is C20H26FN5O. The van der Waals surface area contributed by atoms with Gasteiger partial charge in [-0.15, -0.1) is 0 Å². The minimum absolute atomic E-state index is 0.357. The Hall–Kier alpha value is -2.51. The maximum Gasteiger partial charge on any atom is 0.323 e. The second-order valence-electron chi connectivity index (χ2n) is 6.95. The van der Waals surface area contributed by atoms with Gasteiger partial charge in [0.15, 0.2) is 0 Å². The van der Waals surface area contributed by atoms with Gasteiger partial charge in [-0.1, -0.05) is 0 Å². The lowest BCUT2D eigenvalue weighted by Gasteiger charge is -2.31. The van der Waals surface area contributed by atoms with Crippen LogP contribution in [0.3, 0.4) is 0 Å². The van der Waals surface area contributed by atoms with E-state index in [9.17, 15) is 9.18 Å². The van der Waals surface area contributed by atoms with E-state index in [1.807, 2.05) is 26.1 Å². The van der Waals surface area contributed by atoms with Crippen molar-refractivity contribution in [2.75, 3.05) is 30.8 Å². The molecule has 1 saturated heterocycles. The number of hydrogen-bond donors (Lipinski definition) is 3. The molecule has 0 atom stereocenters. The van der Waals surface area contributed by atoms with Crippen LogP contribution in [-0.2, 0) is 6.54 Å². The monoisotopic (exact) mass is 371 g/mol. The highest BCUT2D eigenvalue weighted by atomic mass is 19.1. The first-order valence-electron chi connectivity index (χ1n) is 9.21. The summed E-state index contributed by atoms with van der Waals surface area (Å²) in [6, 6.07) is 8.39. The number of pyridine rings is 1. The van der Waals surface area contributed by atoms with E-state index in [-0.39, 0.29) is 5.82 Å². The summed E-state index contributed by atoms with van der Waals surface area (Å²) in [6.07, 6.45) is 3.76. The Morgan fingerprint density at radius 1 is 1.19 bits per heavy atom. The third-order valence-corrected chi connectivity index (χ3v) is 4.79. The number of halogens is 1. The molecular weight excluding hydrogens is 345 g/mol. The molecule has 0 aliphatic carbocycles. The summed E-state index contributed by atoms with van der Waals surface area (Å²) in [5.74, 6) is -0.357. The van der Waals surface area contributed by atoms with E-state index in [0.29, 0.717) is 24.0 Å². The Morgan fingerprint density at radius 3 is 2.59 bits per heavy atom. The minimum Gasteiger partial charge on any atom is -0.317 e. The van der Waals surface area contributed by atoms with Gasteiger partial charge in [-0.25, -0.2) is 9.18 Å². The molecule has 0 spiro atoms. The average Bonchev–Trinajstić information content (AvgIpc) is 2.64. The van der Waals surface area contributed by atoms with Crippen LogP contribution in [0.5, 0.6) is 0 Å². The van der Waals surface area contributed by atoms with Crippen LogP contribution in [0.2, 0.25) is 0 Å². The van der Waals surface area contributed by atoms with Crippen LogP contribution in [0.1, 0.15) is 24.1 Å². The zero-order valence-electron chi connectivity index (χ0n) is 15.8. The average molecular weight is 371 g/mol. The molecule has 6 nitrogen and oxygen atoms in total. The number of aryl methyl sites for hydroxylation is 1. The Bertz CT molecular complexity index is 772. The fraction of sp³-hybridized carbons (Fsp3) is 0.400. The second kappa shape index (κ2) is 8.92. The van der Waals surface area contributed by atoms with Crippen LogP contribution < -0.4 is 16.0 Å². The Kier molecular flexibility index (Phi) is 6.36. The Morgan fingerprint density at radius 2 is 1.93 bits per heavy atom. The van der Waals surface area contributed by atoms with Crippen LogP contribution in [0.15, 0.2) is 36.5 Å². The topological polar surface area (TPSA) is 69.3 Å². The second-order valence-corrected chi connectivity index (χ2v) is 6.95. The summed E-state index contributed by atoms with van der Waals surface area (Å²) in [4.78, 5) is 18.6. The predicted octanol–water partition coefficient (Wildman–Crippen LogP) is 3.36. The van der Waals surface area contributed by atoms with Crippen molar-refractivity contribution >= 4 is 17.4 Å². The molecule has 0 bridgehead atoms. The van der Waals surface area contributed by atoms with Crippen molar-refractivity contribution in [3.05, 3.63) is 53.6 Å². The first kappa shape index (κ1) is 19.3. The molecule has 3 rings (SSSR count). The number of amides is 2. The maximum absolute atomic E-state index is 14.0. The molecule has 1 aliphatic rings. The SMILES string of the molecule is CNC1CCN(Cc2cc(F)cc(NC(=O)Nc3ccc(C)nc3)c2)CC1. The van der Waals surface area contributed by atoms with Crippen LogP contribution in [-0.4, -0.2) is 42.1 Å². The summed E-state index contributed by atoms with van der Waals surface area (Å²) < 4.78 is 14.0. The summed E-state index contributed by atoms with van der Waals surface area (Å²) in [6.45, 7) is 4.50. The molecule has 2 aromatic rings. The number of carbonyl (C=O) groups is 1. The van der Waals surface area contributed by atoms with E-state index in [4.69, 9.17) is 0 Å². The highest BCUT2D eigenvalue weighted by Crippen LogP contribution is 2.19. The number of rotatable bonds is 5. The summed E-state index contributed by atoms with van der Waals surface area (Å²) in [5, 5.41) is 8.70. The number of hydrogen-bond acceptors (Lipinski definition) is 4. The highest BCUT2D eigenvalue weighted by molar-refractivity contribution is 5.99. The number of benzene rings is 1. The fourth-order valence-electron chi connectivity index (χ4n) is 3.29. The van der Waals surface area contributed by atoms with Gasteiger partial charge < -0.3 is 16.0 Å². The third-order valence-electron chi connectivity index (χ3n) is 4.79. The lowest BCUT2D eigenvalue weighted by atomic mass is 10.0. The maximum atomic E-state index is 14.0. The highest BCUT2D eigenvalue weighted by Gasteiger charge is 2.18. The van der Waals surface area contributed by atoms with Crippen molar-refractivity contribution in [3.8, 4) is 0 Å². The summed E-state index contributed by atoms with van der Waals surface area (Å²) in [5.41, 5.74) is 2.74. The zero-order chi connectivity index (χ0) is 19.2. The third kappa shape index (κ3) is 5.74. The molecule has 1 aliphatic heterocycles. The molecule has 1 aromatic heterocycles.